The summed E-state index contributed by atoms with van der Waals surface area (Å²) in [7, 11) is 1.56. The first-order chi connectivity index (χ1) is 5.75. The van der Waals surface area contributed by atoms with Crippen molar-refractivity contribution in [1.29, 1.82) is 0 Å². The summed E-state index contributed by atoms with van der Waals surface area (Å²) in [4.78, 5) is 0. The molecule has 0 spiro atoms. The van der Waals surface area contributed by atoms with Crippen LogP contribution in [0.2, 0.25) is 0 Å². The van der Waals surface area contributed by atoms with E-state index in [1.165, 1.54) is 5.30 Å². The number of hydrogen-bond acceptors (Lipinski definition) is 1. The molecule has 0 heterocycles. The summed E-state index contributed by atoms with van der Waals surface area (Å²) in [6.07, 6.45) is 0. The van der Waals surface area contributed by atoms with E-state index < -0.39 is 0 Å². The molecule has 3 heteroatoms. The second-order valence-electron chi connectivity index (χ2n) is 2.45. The second-order valence-corrected chi connectivity index (χ2v) is 5.24. The van der Waals surface area contributed by atoms with Crippen LogP contribution in [0.25, 0.3) is 0 Å². The lowest BCUT2D eigenvalue weighted by Gasteiger charge is -2.12. The van der Waals surface area contributed by atoms with Crippen molar-refractivity contribution in [2.75, 3.05) is 13.7 Å². The molecule has 0 fully saturated rings. The molecule has 0 saturated heterocycles. The molecular weight excluding hydrogens is 185 g/mol. The monoisotopic (exact) mass is 197 g/mol. The molecule has 1 aromatic rings. The Labute approximate surface area is 79.9 Å². The molecular formula is C9H12NPS. The van der Waals surface area contributed by atoms with Crippen LogP contribution in [0.3, 0.4) is 0 Å². The van der Waals surface area contributed by atoms with E-state index in [1.54, 1.807) is 0 Å². The lowest BCUT2D eigenvalue weighted by atomic mass is 10.4. The van der Waals surface area contributed by atoms with Gasteiger partial charge in [-0.2, -0.15) is 0 Å². The zero-order chi connectivity index (χ0) is 8.97. The largest absolute Gasteiger partial charge is 0.379 e. The molecule has 1 nitrogen and oxygen atoms in total. The highest BCUT2D eigenvalue weighted by atomic mass is 32.1. The molecule has 1 atom stereocenters. The summed E-state index contributed by atoms with van der Waals surface area (Å²) < 4.78 is 0.955. The summed E-state index contributed by atoms with van der Waals surface area (Å²) in [5.74, 6) is 0. The lowest BCUT2D eigenvalue weighted by molar-refractivity contribution is 1.23. The highest BCUT2D eigenvalue weighted by molar-refractivity contribution is 8.01. The van der Waals surface area contributed by atoms with Crippen molar-refractivity contribution < 1.29 is 0 Å². The number of nitrogens with one attached hydrogen (secondary N) is 1. The molecule has 1 aromatic carbocycles. The van der Waals surface area contributed by atoms with Crippen molar-refractivity contribution in [2.45, 2.75) is 0 Å². The van der Waals surface area contributed by atoms with Gasteiger partial charge in [-0.3, -0.25) is 0 Å². The van der Waals surface area contributed by atoms with Crippen LogP contribution in [-0.2, 0) is 0 Å². The predicted octanol–water partition coefficient (Wildman–Crippen LogP) is 1.93. The molecule has 0 bridgehead atoms. The third-order valence-electron chi connectivity index (χ3n) is 1.66. The van der Waals surface area contributed by atoms with Gasteiger partial charge >= 0.3 is 0 Å². The SMILES string of the molecule is CNC(=S)P(C)c1ccccc1. The van der Waals surface area contributed by atoms with Crippen molar-refractivity contribution in [3.05, 3.63) is 30.3 Å². The minimum Gasteiger partial charge on any atom is -0.379 e. The maximum Gasteiger partial charge on any atom is 0.102 e. The Morgan fingerprint density at radius 1 is 1.33 bits per heavy atom. The molecule has 1 N–H and O–H groups in total. The van der Waals surface area contributed by atoms with Crippen molar-refractivity contribution >= 4 is 30.2 Å². The first-order valence-electron chi connectivity index (χ1n) is 3.76. The Morgan fingerprint density at radius 2 is 1.92 bits per heavy atom. The van der Waals surface area contributed by atoms with E-state index in [0.717, 1.165) is 4.73 Å². The first kappa shape index (κ1) is 9.63. The summed E-state index contributed by atoms with van der Waals surface area (Å²) >= 11 is 5.18. The summed E-state index contributed by atoms with van der Waals surface area (Å²) in [6, 6.07) is 10.4. The standard InChI is InChI=1S/C9H12NPS/c1-10-9(12)11(2)8-6-4-3-5-7-8/h3-7H,1-2H3,(H,10,12). The fraction of sp³-hybridized carbons (Fsp3) is 0.222. The molecule has 0 aliphatic carbocycles. The van der Waals surface area contributed by atoms with Crippen molar-refractivity contribution in [2.24, 2.45) is 0 Å². The van der Waals surface area contributed by atoms with Crippen LogP contribution >= 0.6 is 20.1 Å². The summed E-state index contributed by atoms with van der Waals surface area (Å²) in [5, 5.41) is 4.35. The molecule has 1 unspecified atom stereocenters. The Bertz CT molecular complexity index is 260. The Kier molecular flexibility index (Phi) is 3.64. The summed E-state index contributed by atoms with van der Waals surface area (Å²) in [5.41, 5.74) is 0. The first-order valence-corrected chi connectivity index (χ1v) is 5.96. The van der Waals surface area contributed by atoms with Gasteiger partial charge in [0.2, 0.25) is 0 Å². The average Bonchev–Trinajstić information content (AvgIpc) is 2.17. The van der Waals surface area contributed by atoms with E-state index in [-0.39, 0.29) is 7.92 Å². The third kappa shape index (κ3) is 2.26. The van der Waals surface area contributed by atoms with E-state index in [0.29, 0.717) is 0 Å². The zero-order valence-corrected chi connectivity index (χ0v) is 8.95. The topological polar surface area (TPSA) is 12.0 Å². The number of rotatable bonds is 2. The van der Waals surface area contributed by atoms with Crippen LogP contribution in [0.15, 0.2) is 30.3 Å². The van der Waals surface area contributed by atoms with Gasteiger partial charge in [-0.15, -0.1) is 0 Å². The molecule has 0 radical (unpaired) electrons. The highest BCUT2D eigenvalue weighted by Crippen LogP contribution is 2.29. The Morgan fingerprint density at radius 3 is 2.42 bits per heavy atom. The van der Waals surface area contributed by atoms with Gasteiger partial charge < -0.3 is 5.32 Å². The van der Waals surface area contributed by atoms with Gasteiger partial charge in [-0.25, -0.2) is 0 Å². The van der Waals surface area contributed by atoms with E-state index in [2.05, 4.69) is 24.1 Å². The van der Waals surface area contributed by atoms with Gasteiger partial charge in [0.05, 0.1) is 0 Å². The van der Waals surface area contributed by atoms with Crippen LogP contribution in [0.4, 0.5) is 0 Å². The fourth-order valence-corrected chi connectivity index (χ4v) is 2.44. The van der Waals surface area contributed by atoms with E-state index in [4.69, 9.17) is 12.2 Å². The molecule has 0 aliphatic heterocycles. The van der Waals surface area contributed by atoms with Crippen molar-refractivity contribution in [1.82, 2.24) is 5.32 Å². The van der Waals surface area contributed by atoms with Crippen LogP contribution in [0.1, 0.15) is 0 Å². The van der Waals surface area contributed by atoms with Gasteiger partial charge in [0, 0.05) is 7.05 Å². The van der Waals surface area contributed by atoms with Crippen LogP contribution in [0, 0.1) is 0 Å². The number of benzene rings is 1. The van der Waals surface area contributed by atoms with Gasteiger partial charge in [0.15, 0.2) is 0 Å². The van der Waals surface area contributed by atoms with E-state index in [9.17, 15) is 0 Å². The molecule has 0 saturated carbocycles. The van der Waals surface area contributed by atoms with Crippen LogP contribution in [0.5, 0.6) is 0 Å². The molecule has 1 rings (SSSR count). The van der Waals surface area contributed by atoms with Crippen molar-refractivity contribution in [3.8, 4) is 0 Å². The normalized spacial score (nSPS) is 12.2. The minimum atomic E-state index is -0.317. The van der Waals surface area contributed by atoms with Gasteiger partial charge in [0.1, 0.15) is 4.73 Å². The summed E-state index contributed by atoms with van der Waals surface area (Å²) in [6.45, 7) is 2.17. The molecule has 0 amide bonds. The molecule has 0 aromatic heterocycles. The smallest absolute Gasteiger partial charge is 0.102 e. The average molecular weight is 197 g/mol. The van der Waals surface area contributed by atoms with E-state index in [1.807, 2.05) is 25.2 Å². The van der Waals surface area contributed by atoms with Gasteiger partial charge in [0.25, 0.3) is 0 Å². The molecule has 64 valence electrons. The fourth-order valence-electron chi connectivity index (χ4n) is 0.937. The highest BCUT2D eigenvalue weighted by Gasteiger charge is 2.07. The third-order valence-corrected chi connectivity index (χ3v) is 4.59. The maximum atomic E-state index is 5.18. The maximum absolute atomic E-state index is 5.18. The Hall–Kier alpha value is -0.460. The van der Waals surface area contributed by atoms with Crippen molar-refractivity contribution in [3.63, 3.8) is 0 Å². The number of thiocarbonyl (C=S) groups is 1. The zero-order valence-electron chi connectivity index (χ0n) is 7.24. The van der Waals surface area contributed by atoms with Crippen LogP contribution in [-0.4, -0.2) is 18.4 Å². The van der Waals surface area contributed by atoms with Gasteiger partial charge in [-0.05, 0) is 19.9 Å². The van der Waals surface area contributed by atoms with E-state index >= 15 is 0 Å². The van der Waals surface area contributed by atoms with Gasteiger partial charge in [-0.1, -0.05) is 42.5 Å². The Balaban J connectivity index is 2.78. The minimum absolute atomic E-state index is 0.317. The molecule has 0 aliphatic rings. The quantitative estimate of drug-likeness (QED) is 0.574. The number of hydrogen-bond donors (Lipinski definition) is 1. The second kappa shape index (κ2) is 4.54. The predicted molar refractivity (Wildman–Crippen MR) is 60.6 cm³/mol. The lowest BCUT2D eigenvalue weighted by Crippen LogP contribution is -2.17. The van der Waals surface area contributed by atoms with Crippen LogP contribution < -0.4 is 10.6 Å². The molecule has 12 heavy (non-hydrogen) atoms.